The molecule has 0 aliphatic carbocycles. The maximum atomic E-state index is 10.2. The van der Waals surface area contributed by atoms with Gasteiger partial charge in [0.15, 0.2) is 0 Å². The molecule has 1 saturated heterocycles. The zero-order valence-electron chi connectivity index (χ0n) is 32.0. The Kier molecular flexibility index (Phi) is 22.9. The highest BCUT2D eigenvalue weighted by Crippen LogP contribution is 2.25. The highest BCUT2D eigenvalue weighted by atomic mass is 16.8. The molecule has 0 bridgehead atoms. The summed E-state index contributed by atoms with van der Waals surface area (Å²) in [6.07, 6.45) is 20.0. The van der Waals surface area contributed by atoms with Crippen molar-refractivity contribution >= 4 is 0 Å². The summed E-state index contributed by atoms with van der Waals surface area (Å²) in [5, 5.41) is 47.6. The predicted molar refractivity (Wildman–Crippen MR) is 200 cm³/mol. The topological polar surface area (TPSA) is 158 Å². The van der Waals surface area contributed by atoms with Gasteiger partial charge in [-0.05, 0) is 35.8 Å². The van der Waals surface area contributed by atoms with Gasteiger partial charge < -0.3 is 44.2 Å². The third-order valence-corrected chi connectivity index (χ3v) is 9.57. The van der Waals surface area contributed by atoms with Crippen LogP contribution in [0.4, 0.5) is 0 Å². The summed E-state index contributed by atoms with van der Waals surface area (Å²) in [6.45, 7) is 5.72. The van der Waals surface area contributed by atoms with Crippen molar-refractivity contribution in [3.63, 3.8) is 0 Å². The molecule has 4 N–H and O–H groups in total. The fourth-order valence-corrected chi connectivity index (χ4v) is 6.37. The number of unbranched alkanes of at least 4 members (excludes halogenated alkanes) is 18. The molecule has 0 amide bonds. The normalized spacial score (nSPS) is 20.3. The maximum Gasteiger partial charge on any atom is 0.256 e. The molecule has 12 nitrogen and oxygen atoms in total. The summed E-state index contributed by atoms with van der Waals surface area (Å²) in [5.74, 6) is 1.54. The second kappa shape index (κ2) is 27.2. The van der Waals surface area contributed by atoms with Gasteiger partial charge in [0.25, 0.3) is 6.29 Å². The van der Waals surface area contributed by atoms with E-state index in [0.29, 0.717) is 25.5 Å². The number of hydrogen-bond donors (Lipinski definition) is 4. The number of benzene rings is 1. The van der Waals surface area contributed by atoms with Crippen molar-refractivity contribution in [3.05, 3.63) is 35.7 Å². The molecule has 1 aliphatic heterocycles. The van der Waals surface area contributed by atoms with Crippen LogP contribution in [0.1, 0.15) is 154 Å². The number of ether oxygens (including phenoxy) is 4. The van der Waals surface area contributed by atoms with E-state index in [1.165, 1.54) is 122 Å². The second-order valence-electron chi connectivity index (χ2n) is 14.3. The Balaban J connectivity index is 1.44. The van der Waals surface area contributed by atoms with E-state index in [2.05, 4.69) is 24.2 Å². The minimum absolute atomic E-state index is 0.135. The molecule has 5 atom stereocenters. The van der Waals surface area contributed by atoms with Crippen LogP contribution in [-0.2, 0) is 22.7 Å². The van der Waals surface area contributed by atoms with Gasteiger partial charge in [0.05, 0.1) is 39.2 Å². The molecule has 52 heavy (non-hydrogen) atoms. The van der Waals surface area contributed by atoms with Crippen molar-refractivity contribution in [2.45, 2.75) is 186 Å². The Morgan fingerprint density at radius 1 is 0.635 bits per heavy atom. The van der Waals surface area contributed by atoms with Crippen LogP contribution in [0.2, 0.25) is 0 Å². The highest BCUT2D eigenvalue weighted by molar-refractivity contribution is 5.38. The van der Waals surface area contributed by atoms with Gasteiger partial charge in [-0.25, -0.2) is 0 Å². The highest BCUT2D eigenvalue weighted by Gasteiger charge is 2.45. The van der Waals surface area contributed by atoms with Gasteiger partial charge in [-0.2, -0.15) is 0 Å². The molecular formula is C40H69N3O9. The van der Waals surface area contributed by atoms with Gasteiger partial charge in [0.1, 0.15) is 41.6 Å². The summed E-state index contributed by atoms with van der Waals surface area (Å²) in [6, 6.07) is 5.95. The molecular weight excluding hydrogens is 666 g/mol. The van der Waals surface area contributed by atoms with Crippen LogP contribution in [0.25, 0.3) is 0 Å². The summed E-state index contributed by atoms with van der Waals surface area (Å²) in [5.41, 5.74) is 1.39. The van der Waals surface area contributed by atoms with Crippen molar-refractivity contribution in [1.82, 2.24) is 15.2 Å². The molecule has 12 heteroatoms. The van der Waals surface area contributed by atoms with E-state index in [0.717, 1.165) is 34.7 Å². The Hall–Kier alpha value is -2.48. The number of aliphatic hydroxyl groups excluding tert-OH is 4. The van der Waals surface area contributed by atoms with E-state index in [1.54, 1.807) is 0 Å². The third-order valence-electron chi connectivity index (χ3n) is 9.57. The summed E-state index contributed by atoms with van der Waals surface area (Å²) in [7, 11) is 0. The van der Waals surface area contributed by atoms with E-state index in [1.807, 2.05) is 18.2 Å². The van der Waals surface area contributed by atoms with Gasteiger partial charge in [-0.1, -0.05) is 134 Å². The van der Waals surface area contributed by atoms with Crippen LogP contribution in [0.3, 0.4) is 0 Å². The van der Waals surface area contributed by atoms with E-state index < -0.39 is 37.3 Å². The van der Waals surface area contributed by atoms with Crippen molar-refractivity contribution in [2.75, 3.05) is 19.8 Å². The van der Waals surface area contributed by atoms with Crippen LogP contribution in [0.5, 0.6) is 11.5 Å². The van der Waals surface area contributed by atoms with Crippen molar-refractivity contribution in [2.24, 2.45) is 0 Å². The molecule has 2 aromatic rings. The summed E-state index contributed by atoms with van der Waals surface area (Å²) >= 11 is 0. The van der Waals surface area contributed by atoms with E-state index in [-0.39, 0.29) is 6.61 Å². The number of aromatic nitrogens is 3. The lowest BCUT2D eigenvalue weighted by molar-refractivity contribution is -0.303. The van der Waals surface area contributed by atoms with Crippen molar-refractivity contribution in [3.8, 4) is 11.5 Å². The molecule has 298 valence electrons. The monoisotopic (exact) mass is 736 g/mol. The average molecular weight is 736 g/mol. The Labute approximate surface area is 312 Å². The predicted octanol–water partition coefficient (Wildman–Crippen LogP) is 6.82. The SMILES string of the molecule is CCCCCCCCCCCCOc1cc(COCc2cn(O[C@@H]3O[C@H](CO)[C@@H](O)[C@H](O)[C@@H]3O)nn2)cc(OCCCCCCCCCCCC)c1. The van der Waals surface area contributed by atoms with Gasteiger partial charge in [0.2, 0.25) is 0 Å². The number of rotatable bonds is 31. The lowest BCUT2D eigenvalue weighted by atomic mass is 9.99. The fraction of sp³-hybridized carbons (Fsp3) is 0.800. The molecule has 1 aromatic carbocycles. The quantitative estimate of drug-likeness (QED) is 0.0602. The standard InChI is InChI=1S/C40H69N3O9/c1-3-5-7-9-11-13-15-17-19-21-23-49-34-25-32(26-35(27-34)50-24-22-20-18-16-14-12-10-8-6-4-2)30-48-31-33-28-43(42-41-33)52-40-39(47)38(46)37(45)36(29-44)51-40/h25-28,36-40,44-47H,3-24,29-31H2,1-2H3/t36-,37-,38+,39+,40+/m1/s1. The third kappa shape index (κ3) is 17.6. The van der Waals surface area contributed by atoms with Gasteiger partial charge in [-0.15, -0.1) is 5.10 Å². The molecule has 1 aliphatic rings. The van der Waals surface area contributed by atoms with Crippen LogP contribution in [0.15, 0.2) is 24.4 Å². The van der Waals surface area contributed by atoms with E-state index >= 15 is 0 Å². The Bertz CT molecular complexity index is 1120. The maximum absolute atomic E-state index is 10.2. The zero-order chi connectivity index (χ0) is 37.2. The zero-order valence-corrected chi connectivity index (χ0v) is 32.0. The Morgan fingerprint density at radius 3 is 1.63 bits per heavy atom. The van der Waals surface area contributed by atoms with Crippen LogP contribution >= 0.6 is 0 Å². The number of aliphatic hydroxyl groups is 4. The lowest BCUT2D eigenvalue weighted by Crippen LogP contribution is -2.61. The largest absolute Gasteiger partial charge is 0.493 e. The first-order valence-corrected chi connectivity index (χ1v) is 20.3. The Morgan fingerprint density at radius 2 is 1.13 bits per heavy atom. The lowest BCUT2D eigenvalue weighted by Gasteiger charge is -2.38. The summed E-state index contributed by atoms with van der Waals surface area (Å²) < 4.78 is 23.7. The molecule has 1 aromatic heterocycles. The minimum Gasteiger partial charge on any atom is -0.493 e. The molecule has 0 spiro atoms. The molecule has 0 unspecified atom stereocenters. The second-order valence-corrected chi connectivity index (χ2v) is 14.3. The minimum atomic E-state index is -1.55. The van der Waals surface area contributed by atoms with Gasteiger partial charge in [0, 0.05) is 6.07 Å². The van der Waals surface area contributed by atoms with Crippen LogP contribution < -0.4 is 14.3 Å². The molecule has 0 radical (unpaired) electrons. The molecule has 0 saturated carbocycles. The average Bonchev–Trinajstić information content (AvgIpc) is 3.60. The fourth-order valence-electron chi connectivity index (χ4n) is 6.37. The summed E-state index contributed by atoms with van der Waals surface area (Å²) in [4.78, 5) is 6.47. The van der Waals surface area contributed by atoms with E-state index in [4.69, 9.17) is 23.8 Å². The first-order chi connectivity index (χ1) is 25.4. The molecule has 2 heterocycles. The van der Waals surface area contributed by atoms with Gasteiger partial charge in [-0.3, -0.25) is 0 Å². The van der Waals surface area contributed by atoms with Gasteiger partial charge >= 0.3 is 0 Å². The number of hydrogen-bond acceptors (Lipinski definition) is 11. The van der Waals surface area contributed by atoms with Crippen LogP contribution in [0, 0.1) is 0 Å². The van der Waals surface area contributed by atoms with Crippen molar-refractivity contribution < 1.29 is 44.2 Å². The first-order valence-electron chi connectivity index (χ1n) is 20.3. The molecule has 3 rings (SSSR count). The van der Waals surface area contributed by atoms with E-state index in [9.17, 15) is 20.4 Å². The first kappa shape index (κ1) is 43.9. The van der Waals surface area contributed by atoms with Crippen LogP contribution in [-0.4, -0.2) is 86.1 Å². The number of nitrogens with zero attached hydrogens (tertiary/aromatic N) is 3. The molecule has 1 fully saturated rings. The smallest absolute Gasteiger partial charge is 0.256 e. The van der Waals surface area contributed by atoms with Crippen molar-refractivity contribution in [1.29, 1.82) is 0 Å².